The third-order valence-electron chi connectivity index (χ3n) is 2.65. The van der Waals surface area contributed by atoms with Crippen molar-refractivity contribution in [2.24, 2.45) is 0 Å². The summed E-state index contributed by atoms with van der Waals surface area (Å²) in [4.78, 5) is 8.36. The zero-order valence-corrected chi connectivity index (χ0v) is 8.30. The molecule has 2 nitrogen and oxygen atoms in total. The number of aromatic nitrogens is 2. The van der Waals surface area contributed by atoms with Crippen molar-refractivity contribution < 1.29 is 0 Å². The van der Waals surface area contributed by atoms with E-state index in [1.54, 1.807) is 6.20 Å². The fraction of sp³-hybridized carbons (Fsp3) is 0.600. The molecule has 1 aliphatic carbocycles. The van der Waals surface area contributed by atoms with Crippen molar-refractivity contribution in [1.82, 2.24) is 9.97 Å². The van der Waals surface area contributed by atoms with Gasteiger partial charge in [0.15, 0.2) is 0 Å². The number of halogens is 1. The second-order valence-corrected chi connectivity index (χ2v) is 3.99. The number of hydrogen-bond acceptors (Lipinski definition) is 2. The van der Waals surface area contributed by atoms with Crippen LogP contribution in [0.1, 0.15) is 43.7 Å². The van der Waals surface area contributed by atoms with E-state index in [2.05, 4.69) is 9.97 Å². The first kappa shape index (κ1) is 8.95. The average Bonchev–Trinajstić information content (AvgIpc) is 2.19. The molecule has 0 unspecified atom stereocenters. The quantitative estimate of drug-likeness (QED) is 0.690. The van der Waals surface area contributed by atoms with Gasteiger partial charge in [-0.1, -0.05) is 30.9 Å². The molecule has 0 amide bonds. The minimum atomic E-state index is 0.517. The van der Waals surface area contributed by atoms with Crippen LogP contribution in [0.5, 0.6) is 0 Å². The molecular formula is C10H13ClN2. The molecule has 0 aliphatic heterocycles. The standard InChI is InChI=1S/C10H13ClN2/c11-10-7-12-6-9(13-10)8-4-2-1-3-5-8/h6-8H,1-5H2. The molecule has 0 N–H and O–H groups in total. The highest BCUT2D eigenvalue weighted by Crippen LogP contribution is 2.31. The molecule has 3 heteroatoms. The molecule has 1 heterocycles. The fourth-order valence-corrected chi connectivity index (χ4v) is 2.11. The lowest BCUT2D eigenvalue weighted by molar-refractivity contribution is 0.436. The highest BCUT2D eigenvalue weighted by Gasteiger charge is 2.16. The second-order valence-electron chi connectivity index (χ2n) is 3.60. The van der Waals surface area contributed by atoms with Crippen LogP contribution in [-0.4, -0.2) is 9.97 Å². The molecule has 0 bridgehead atoms. The zero-order chi connectivity index (χ0) is 9.10. The smallest absolute Gasteiger partial charge is 0.147 e. The van der Waals surface area contributed by atoms with Crippen LogP contribution >= 0.6 is 11.6 Å². The summed E-state index contributed by atoms with van der Waals surface area (Å²) in [6.07, 6.45) is 9.93. The van der Waals surface area contributed by atoms with E-state index >= 15 is 0 Å². The Morgan fingerprint density at radius 3 is 2.62 bits per heavy atom. The van der Waals surface area contributed by atoms with Crippen LogP contribution in [0.3, 0.4) is 0 Å². The summed E-state index contributed by atoms with van der Waals surface area (Å²) in [5.41, 5.74) is 1.08. The molecule has 1 aromatic heterocycles. The molecule has 70 valence electrons. The van der Waals surface area contributed by atoms with Gasteiger partial charge in [-0.3, -0.25) is 4.98 Å². The van der Waals surface area contributed by atoms with Crippen molar-refractivity contribution in [3.63, 3.8) is 0 Å². The van der Waals surface area contributed by atoms with Crippen molar-refractivity contribution in [2.75, 3.05) is 0 Å². The highest BCUT2D eigenvalue weighted by atomic mass is 35.5. The van der Waals surface area contributed by atoms with E-state index < -0.39 is 0 Å². The minimum absolute atomic E-state index is 0.517. The van der Waals surface area contributed by atoms with Crippen LogP contribution in [0.15, 0.2) is 12.4 Å². The van der Waals surface area contributed by atoms with Crippen LogP contribution in [0, 0.1) is 0 Å². The Hall–Kier alpha value is -0.630. The molecule has 1 aliphatic rings. The third-order valence-corrected chi connectivity index (χ3v) is 2.83. The van der Waals surface area contributed by atoms with Gasteiger partial charge in [0, 0.05) is 12.1 Å². The van der Waals surface area contributed by atoms with Crippen LogP contribution < -0.4 is 0 Å². The number of rotatable bonds is 1. The molecule has 1 aromatic rings. The van der Waals surface area contributed by atoms with Gasteiger partial charge in [-0.2, -0.15) is 0 Å². The van der Waals surface area contributed by atoms with E-state index in [9.17, 15) is 0 Å². The maximum atomic E-state index is 5.79. The normalized spacial score (nSPS) is 18.8. The largest absolute Gasteiger partial charge is 0.260 e. The van der Waals surface area contributed by atoms with Gasteiger partial charge >= 0.3 is 0 Å². The predicted molar refractivity (Wildman–Crippen MR) is 52.9 cm³/mol. The molecule has 0 aromatic carbocycles. The minimum Gasteiger partial charge on any atom is -0.260 e. The lowest BCUT2D eigenvalue weighted by Gasteiger charge is -2.20. The summed E-state index contributed by atoms with van der Waals surface area (Å²) in [6, 6.07) is 0. The molecule has 0 spiro atoms. The van der Waals surface area contributed by atoms with Crippen molar-refractivity contribution in [1.29, 1.82) is 0 Å². The van der Waals surface area contributed by atoms with Crippen LogP contribution in [-0.2, 0) is 0 Å². The maximum Gasteiger partial charge on any atom is 0.147 e. The lowest BCUT2D eigenvalue weighted by Crippen LogP contribution is -2.06. The molecule has 0 saturated heterocycles. The van der Waals surface area contributed by atoms with Gasteiger partial charge in [0.1, 0.15) is 5.15 Å². The SMILES string of the molecule is Clc1cncc(C2CCCCC2)n1. The molecule has 13 heavy (non-hydrogen) atoms. The summed E-state index contributed by atoms with van der Waals surface area (Å²) < 4.78 is 0. The molecule has 0 atom stereocenters. The molecule has 1 fully saturated rings. The Morgan fingerprint density at radius 1 is 1.15 bits per heavy atom. The van der Waals surface area contributed by atoms with Gasteiger partial charge in [0.2, 0.25) is 0 Å². The monoisotopic (exact) mass is 196 g/mol. The average molecular weight is 197 g/mol. The Morgan fingerprint density at radius 2 is 1.92 bits per heavy atom. The van der Waals surface area contributed by atoms with Gasteiger partial charge in [-0.25, -0.2) is 4.98 Å². The van der Waals surface area contributed by atoms with Crippen molar-refractivity contribution in [3.8, 4) is 0 Å². The third kappa shape index (κ3) is 2.19. The Bertz CT molecular complexity index is 282. The van der Waals surface area contributed by atoms with E-state index in [4.69, 9.17) is 11.6 Å². The van der Waals surface area contributed by atoms with Crippen molar-refractivity contribution >= 4 is 11.6 Å². The first-order valence-electron chi connectivity index (χ1n) is 4.84. The summed E-state index contributed by atoms with van der Waals surface area (Å²) >= 11 is 5.79. The van der Waals surface area contributed by atoms with E-state index in [0.29, 0.717) is 11.1 Å². The zero-order valence-electron chi connectivity index (χ0n) is 7.54. The summed E-state index contributed by atoms with van der Waals surface area (Å²) in [7, 11) is 0. The second kappa shape index (κ2) is 4.05. The molecule has 0 radical (unpaired) electrons. The Kier molecular flexibility index (Phi) is 2.79. The van der Waals surface area contributed by atoms with Gasteiger partial charge in [0.05, 0.1) is 11.9 Å². The van der Waals surface area contributed by atoms with E-state index in [1.165, 1.54) is 32.1 Å². The number of nitrogens with zero attached hydrogens (tertiary/aromatic N) is 2. The Labute approximate surface area is 83.4 Å². The van der Waals surface area contributed by atoms with Crippen LogP contribution in [0.2, 0.25) is 5.15 Å². The van der Waals surface area contributed by atoms with Crippen LogP contribution in [0.25, 0.3) is 0 Å². The van der Waals surface area contributed by atoms with Gasteiger partial charge in [0.25, 0.3) is 0 Å². The topological polar surface area (TPSA) is 25.8 Å². The summed E-state index contributed by atoms with van der Waals surface area (Å²) in [6.45, 7) is 0. The summed E-state index contributed by atoms with van der Waals surface area (Å²) in [5, 5.41) is 0.517. The lowest BCUT2D eigenvalue weighted by atomic mass is 9.87. The van der Waals surface area contributed by atoms with Gasteiger partial charge in [-0.05, 0) is 12.8 Å². The van der Waals surface area contributed by atoms with Crippen molar-refractivity contribution in [3.05, 3.63) is 23.2 Å². The first-order chi connectivity index (χ1) is 6.36. The molecular weight excluding hydrogens is 184 g/mol. The molecule has 2 rings (SSSR count). The van der Waals surface area contributed by atoms with E-state index in [-0.39, 0.29) is 0 Å². The van der Waals surface area contributed by atoms with Gasteiger partial charge in [-0.15, -0.1) is 0 Å². The Balaban J connectivity index is 2.14. The van der Waals surface area contributed by atoms with Gasteiger partial charge < -0.3 is 0 Å². The first-order valence-corrected chi connectivity index (χ1v) is 5.21. The fourth-order valence-electron chi connectivity index (χ4n) is 1.95. The number of hydrogen-bond donors (Lipinski definition) is 0. The van der Waals surface area contributed by atoms with E-state index in [1.807, 2.05) is 6.20 Å². The summed E-state index contributed by atoms with van der Waals surface area (Å²) in [5.74, 6) is 0.597. The van der Waals surface area contributed by atoms with E-state index in [0.717, 1.165) is 5.69 Å². The van der Waals surface area contributed by atoms with Crippen LogP contribution in [0.4, 0.5) is 0 Å². The van der Waals surface area contributed by atoms with Crippen molar-refractivity contribution in [2.45, 2.75) is 38.0 Å². The maximum absolute atomic E-state index is 5.79. The highest BCUT2D eigenvalue weighted by molar-refractivity contribution is 6.29. The predicted octanol–water partition coefficient (Wildman–Crippen LogP) is 3.18. The molecule has 1 saturated carbocycles.